The normalized spacial score (nSPS) is 12.2. The van der Waals surface area contributed by atoms with E-state index >= 15 is 0 Å². The van der Waals surface area contributed by atoms with Crippen molar-refractivity contribution in [1.29, 1.82) is 0 Å². The molecule has 156 valence electrons. The zero-order valence-corrected chi connectivity index (χ0v) is 17.7. The molecule has 6 nitrogen and oxygen atoms in total. The fraction of sp³-hybridized carbons (Fsp3) is 0.391. The van der Waals surface area contributed by atoms with Crippen LogP contribution in [-0.2, 0) is 20.7 Å². The first kappa shape index (κ1) is 22.3. The number of nitrogens with one attached hydrogen (secondary N) is 1. The first-order chi connectivity index (χ1) is 13.6. The van der Waals surface area contributed by atoms with E-state index in [0.717, 1.165) is 11.1 Å². The molecule has 6 heteroatoms. The van der Waals surface area contributed by atoms with E-state index in [4.69, 9.17) is 15.2 Å². The van der Waals surface area contributed by atoms with Gasteiger partial charge in [-0.05, 0) is 62.1 Å². The van der Waals surface area contributed by atoms with Crippen molar-refractivity contribution in [3.63, 3.8) is 0 Å². The standard InChI is InChI=1S/C23H30N2O4/c1-15(12-22(27)29-23(2,3)4)17-7-9-18(10-8-17)25-21(26)14-16-6-11-19(24)20(13-16)28-5/h6-11,13,15H,12,14,24H2,1-5H3,(H,25,26). The lowest BCUT2D eigenvalue weighted by Crippen LogP contribution is -2.24. The molecule has 3 N–H and O–H groups in total. The molecule has 0 spiro atoms. The summed E-state index contributed by atoms with van der Waals surface area (Å²) in [5, 5.41) is 2.88. The number of nitrogens with two attached hydrogens (primary N) is 1. The summed E-state index contributed by atoms with van der Waals surface area (Å²) in [6.07, 6.45) is 0.523. The molecule has 0 aliphatic rings. The Morgan fingerprint density at radius 2 is 1.76 bits per heavy atom. The summed E-state index contributed by atoms with van der Waals surface area (Å²) in [4.78, 5) is 24.3. The molecule has 0 aliphatic carbocycles. The highest BCUT2D eigenvalue weighted by molar-refractivity contribution is 5.92. The van der Waals surface area contributed by atoms with Crippen molar-refractivity contribution >= 4 is 23.3 Å². The molecule has 0 saturated carbocycles. The summed E-state index contributed by atoms with van der Waals surface area (Å²) in [7, 11) is 1.54. The topological polar surface area (TPSA) is 90.6 Å². The van der Waals surface area contributed by atoms with E-state index in [2.05, 4.69) is 5.32 Å². The highest BCUT2D eigenvalue weighted by atomic mass is 16.6. The van der Waals surface area contributed by atoms with Crippen LogP contribution in [0.2, 0.25) is 0 Å². The minimum atomic E-state index is -0.487. The highest BCUT2D eigenvalue weighted by Gasteiger charge is 2.19. The Kier molecular flexibility index (Phi) is 7.26. The number of benzene rings is 2. The van der Waals surface area contributed by atoms with Crippen molar-refractivity contribution in [2.24, 2.45) is 0 Å². The van der Waals surface area contributed by atoms with Gasteiger partial charge in [0, 0.05) is 5.69 Å². The Morgan fingerprint density at radius 3 is 2.34 bits per heavy atom. The summed E-state index contributed by atoms with van der Waals surface area (Å²) in [6, 6.07) is 12.8. The van der Waals surface area contributed by atoms with Crippen LogP contribution >= 0.6 is 0 Å². The van der Waals surface area contributed by atoms with Crippen molar-refractivity contribution in [3.05, 3.63) is 53.6 Å². The second kappa shape index (κ2) is 9.45. The molecule has 1 atom stereocenters. The van der Waals surface area contributed by atoms with Crippen LogP contribution in [0.3, 0.4) is 0 Å². The van der Waals surface area contributed by atoms with E-state index in [1.165, 1.54) is 0 Å². The second-order valence-electron chi connectivity index (χ2n) is 8.11. The fourth-order valence-electron chi connectivity index (χ4n) is 2.90. The van der Waals surface area contributed by atoms with Gasteiger partial charge >= 0.3 is 5.97 Å². The van der Waals surface area contributed by atoms with Gasteiger partial charge in [0.2, 0.25) is 5.91 Å². The lowest BCUT2D eigenvalue weighted by Gasteiger charge is -2.21. The number of amides is 1. The molecule has 2 rings (SSSR count). The molecular weight excluding hydrogens is 368 g/mol. The van der Waals surface area contributed by atoms with Gasteiger partial charge < -0.3 is 20.5 Å². The SMILES string of the molecule is COc1cc(CC(=O)Nc2ccc(C(C)CC(=O)OC(C)(C)C)cc2)ccc1N. The number of anilines is 2. The van der Waals surface area contributed by atoms with E-state index in [9.17, 15) is 9.59 Å². The predicted octanol–water partition coefficient (Wildman–Crippen LogP) is 4.29. The van der Waals surface area contributed by atoms with Crippen LogP contribution in [0.4, 0.5) is 11.4 Å². The number of methoxy groups -OCH3 is 1. The van der Waals surface area contributed by atoms with Crippen molar-refractivity contribution in [1.82, 2.24) is 0 Å². The molecule has 2 aromatic rings. The molecule has 2 aromatic carbocycles. The van der Waals surface area contributed by atoms with E-state index in [1.54, 1.807) is 25.3 Å². The number of ether oxygens (including phenoxy) is 2. The molecule has 0 fully saturated rings. The van der Waals surface area contributed by atoms with E-state index < -0.39 is 5.60 Å². The molecule has 0 aromatic heterocycles. The van der Waals surface area contributed by atoms with Crippen LogP contribution in [0, 0.1) is 0 Å². The van der Waals surface area contributed by atoms with Crippen molar-refractivity contribution in [2.45, 2.75) is 52.1 Å². The summed E-state index contributed by atoms with van der Waals surface area (Å²) in [5.41, 5.74) is 8.37. The average molecular weight is 399 g/mol. The maximum Gasteiger partial charge on any atom is 0.306 e. The van der Waals surface area contributed by atoms with Crippen LogP contribution in [0.5, 0.6) is 5.75 Å². The molecule has 0 heterocycles. The lowest BCUT2D eigenvalue weighted by molar-refractivity contribution is -0.155. The van der Waals surface area contributed by atoms with E-state index in [-0.39, 0.29) is 24.2 Å². The smallest absolute Gasteiger partial charge is 0.306 e. The zero-order chi connectivity index (χ0) is 21.6. The second-order valence-corrected chi connectivity index (χ2v) is 8.11. The summed E-state index contributed by atoms with van der Waals surface area (Å²) < 4.78 is 10.6. The molecular formula is C23H30N2O4. The Balaban J connectivity index is 1.92. The van der Waals surface area contributed by atoms with Gasteiger partial charge in [0.15, 0.2) is 0 Å². The summed E-state index contributed by atoms with van der Waals surface area (Å²) in [5.74, 6) is 0.225. The maximum absolute atomic E-state index is 12.3. The van der Waals surface area contributed by atoms with Gasteiger partial charge in [0.1, 0.15) is 11.4 Å². The first-order valence-electron chi connectivity index (χ1n) is 9.61. The minimum absolute atomic E-state index is 0.0249. The molecule has 0 radical (unpaired) electrons. The Bertz CT molecular complexity index is 854. The summed E-state index contributed by atoms with van der Waals surface area (Å²) >= 11 is 0. The number of hydrogen-bond acceptors (Lipinski definition) is 5. The lowest BCUT2D eigenvalue weighted by atomic mass is 9.97. The number of carbonyl (C=O) groups excluding carboxylic acids is 2. The monoisotopic (exact) mass is 398 g/mol. The van der Waals surface area contributed by atoms with Gasteiger partial charge in [-0.15, -0.1) is 0 Å². The molecule has 0 saturated heterocycles. The minimum Gasteiger partial charge on any atom is -0.495 e. The molecule has 29 heavy (non-hydrogen) atoms. The number of nitrogen functional groups attached to an aromatic ring is 1. The Morgan fingerprint density at radius 1 is 1.10 bits per heavy atom. The van der Waals surface area contributed by atoms with Crippen LogP contribution in [0.15, 0.2) is 42.5 Å². The predicted molar refractivity (Wildman–Crippen MR) is 115 cm³/mol. The number of rotatable bonds is 7. The fourth-order valence-corrected chi connectivity index (χ4v) is 2.90. The molecule has 1 amide bonds. The van der Waals surface area contributed by atoms with Crippen LogP contribution < -0.4 is 15.8 Å². The molecule has 0 bridgehead atoms. The van der Waals surface area contributed by atoms with Gasteiger partial charge in [-0.25, -0.2) is 0 Å². The van der Waals surface area contributed by atoms with Crippen LogP contribution in [0.1, 0.15) is 51.2 Å². The highest BCUT2D eigenvalue weighted by Crippen LogP contribution is 2.24. The largest absolute Gasteiger partial charge is 0.495 e. The Hall–Kier alpha value is -3.02. The third-order valence-electron chi connectivity index (χ3n) is 4.32. The average Bonchev–Trinajstić information content (AvgIpc) is 2.62. The number of esters is 1. The van der Waals surface area contributed by atoms with Gasteiger partial charge in [-0.3, -0.25) is 9.59 Å². The van der Waals surface area contributed by atoms with E-state index in [0.29, 0.717) is 23.5 Å². The molecule has 0 aliphatic heterocycles. The zero-order valence-electron chi connectivity index (χ0n) is 17.7. The van der Waals surface area contributed by atoms with Gasteiger partial charge in [-0.2, -0.15) is 0 Å². The molecule has 1 unspecified atom stereocenters. The van der Waals surface area contributed by atoms with Gasteiger partial charge in [0.05, 0.1) is 25.6 Å². The van der Waals surface area contributed by atoms with Crippen LogP contribution in [0.25, 0.3) is 0 Å². The van der Waals surface area contributed by atoms with E-state index in [1.807, 2.05) is 52.0 Å². The first-order valence-corrected chi connectivity index (χ1v) is 9.61. The van der Waals surface area contributed by atoms with Crippen molar-refractivity contribution < 1.29 is 19.1 Å². The number of hydrogen-bond donors (Lipinski definition) is 2. The maximum atomic E-state index is 12.3. The van der Waals surface area contributed by atoms with Gasteiger partial charge in [-0.1, -0.05) is 25.1 Å². The van der Waals surface area contributed by atoms with Crippen molar-refractivity contribution in [2.75, 3.05) is 18.2 Å². The third-order valence-corrected chi connectivity index (χ3v) is 4.32. The van der Waals surface area contributed by atoms with Gasteiger partial charge in [0.25, 0.3) is 0 Å². The summed E-state index contributed by atoms with van der Waals surface area (Å²) in [6.45, 7) is 7.54. The Labute approximate surface area is 172 Å². The van der Waals surface area contributed by atoms with Crippen molar-refractivity contribution in [3.8, 4) is 5.75 Å². The van der Waals surface area contributed by atoms with Crippen LogP contribution in [-0.4, -0.2) is 24.6 Å². The quantitative estimate of drug-likeness (QED) is 0.536. The third kappa shape index (κ3) is 7.14. The number of carbonyl (C=O) groups is 2.